The fourth-order valence-corrected chi connectivity index (χ4v) is 2.80. The summed E-state index contributed by atoms with van der Waals surface area (Å²) in [6.07, 6.45) is 1.69. The van der Waals surface area contributed by atoms with Crippen molar-refractivity contribution in [1.29, 1.82) is 0 Å². The number of rotatable bonds is 5. The van der Waals surface area contributed by atoms with Gasteiger partial charge in [0.15, 0.2) is 5.96 Å². The predicted octanol–water partition coefficient (Wildman–Crippen LogP) is 2.02. The minimum atomic E-state index is -0.246. The Balaban J connectivity index is 1.72. The smallest absolute Gasteiger partial charge is 0.194 e. The minimum Gasteiger partial charge on any atom is -0.379 e. The number of hydrogen-bond acceptors (Lipinski definition) is 4. The van der Waals surface area contributed by atoms with E-state index in [2.05, 4.69) is 20.2 Å². The minimum absolute atomic E-state index is 0.0218. The van der Waals surface area contributed by atoms with Gasteiger partial charge in [0.1, 0.15) is 11.6 Å². The van der Waals surface area contributed by atoms with Crippen LogP contribution in [-0.4, -0.2) is 48.7 Å². The zero-order valence-electron chi connectivity index (χ0n) is 13.9. The summed E-state index contributed by atoms with van der Waals surface area (Å²) < 4.78 is 18.7. The van der Waals surface area contributed by atoms with Gasteiger partial charge < -0.3 is 15.8 Å². The molecule has 1 aromatic carbocycles. The van der Waals surface area contributed by atoms with Crippen LogP contribution in [0.2, 0.25) is 0 Å². The lowest BCUT2D eigenvalue weighted by Gasteiger charge is -2.34. The topological polar surface area (TPSA) is 75.8 Å². The standard InChI is InChI=1S/C18H22FN5O/c19-15-6-4-14(5-7-15)16(24-9-11-25-12-10-24)13-22-18(20)23-17-3-1-2-8-21-17/h1-8,16H,9-13H2,(H3,20,21,22,23). The van der Waals surface area contributed by atoms with Crippen LogP contribution in [0.25, 0.3) is 0 Å². The molecule has 0 amide bonds. The fourth-order valence-electron chi connectivity index (χ4n) is 2.80. The SMILES string of the molecule is NC(=NCC(c1ccc(F)cc1)N1CCOCC1)Nc1ccccn1. The van der Waals surface area contributed by atoms with E-state index in [0.29, 0.717) is 31.5 Å². The summed E-state index contributed by atoms with van der Waals surface area (Å²) in [6.45, 7) is 3.46. The number of benzene rings is 1. The Morgan fingerprint density at radius 3 is 2.68 bits per heavy atom. The lowest BCUT2D eigenvalue weighted by atomic mass is 10.0. The van der Waals surface area contributed by atoms with E-state index < -0.39 is 0 Å². The first-order valence-corrected chi connectivity index (χ1v) is 8.27. The van der Waals surface area contributed by atoms with Crippen molar-refractivity contribution >= 4 is 11.8 Å². The Hall–Kier alpha value is -2.51. The molecule has 1 unspecified atom stereocenters. The van der Waals surface area contributed by atoms with Gasteiger partial charge in [-0.2, -0.15) is 0 Å². The first kappa shape index (κ1) is 17.3. The third kappa shape index (κ3) is 4.98. The lowest BCUT2D eigenvalue weighted by molar-refractivity contribution is 0.0180. The van der Waals surface area contributed by atoms with Crippen molar-refractivity contribution in [3.05, 3.63) is 60.0 Å². The number of aromatic nitrogens is 1. The first-order valence-electron chi connectivity index (χ1n) is 8.27. The number of nitrogens with two attached hydrogens (primary N) is 1. The highest BCUT2D eigenvalue weighted by atomic mass is 19.1. The molecule has 7 heteroatoms. The molecule has 2 aromatic rings. The van der Waals surface area contributed by atoms with Crippen molar-refractivity contribution in [2.45, 2.75) is 6.04 Å². The van der Waals surface area contributed by atoms with Crippen molar-refractivity contribution in [2.24, 2.45) is 10.7 Å². The molecule has 0 aliphatic carbocycles. The Labute approximate surface area is 146 Å². The summed E-state index contributed by atoms with van der Waals surface area (Å²) in [6, 6.07) is 12.1. The second-order valence-electron chi connectivity index (χ2n) is 5.78. The summed E-state index contributed by atoms with van der Waals surface area (Å²) in [5.74, 6) is 0.705. The van der Waals surface area contributed by atoms with E-state index in [9.17, 15) is 4.39 Å². The molecule has 0 bridgehead atoms. The van der Waals surface area contributed by atoms with Crippen molar-refractivity contribution in [1.82, 2.24) is 9.88 Å². The highest BCUT2D eigenvalue weighted by molar-refractivity contribution is 5.91. The van der Waals surface area contributed by atoms with Gasteiger partial charge in [-0.25, -0.2) is 9.37 Å². The van der Waals surface area contributed by atoms with Gasteiger partial charge in [0.2, 0.25) is 0 Å². The molecule has 1 aliphatic heterocycles. The van der Waals surface area contributed by atoms with Gasteiger partial charge in [0, 0.05) is 19.3 Å². The van der Waals surface area contributed by atoms with E-state index in [-0.39, 0.29) is 11.9 Å². The Morgan fingerprint density at radius 1 is 1.24 bits per heavy atom. The summed E-state index contributed by atoms with van der Waals surface area (Å²) in [5, 5.41) is 2.97. The highest BCUT2D eigenvalue weighted by Gasteiger charge is 2.22. The maximum absolute atomic E-state index is 13.3. The van der Waals surface area contributed by atoms with Crippen LogP contribution in [0.5, 0.6) is 0 Å². The number of halogens is 1. The molecule has 6 nitrogen and oxygen atoms in total. The average Bonchev–Trinajstić information content (AvgIpc) is 2.65. The summed E-state index contributed by atoms with van der Waals surface area (Å²) in [7, 11) is 0. The Morgan fingerprint density at radius 2 is 2.00 bits per heavy atom. The summed E-state index contributed by atoms with van der Waals surface area (Å²) in [4.78, 5) is 10.9. The van der Waals surface area contributed by atoms with Crippen LogP contribution in [0.3, 0.4) is 0 Å². The maximum Gasteiger partial charge on any atom is 0.194 e. The number of pyridine rings is 1. The van der Waals surface area contributed by atoms with Crippen molar-refractivity contribution < 1.29 is 9.13 Å². The molecule has 3 rings (SSSR count). The molecule has 0 radical (unpaired) electrons. The third-order valence-electron chi connectivity index (χ3n) is 4.10. The fraction of sp³-hybridized carbons (Fsp3) is 0.333. The monoisotopic (exact) mass is 343 g/mol. The number of anilines is 1. The number of morpholine rings is 1. The van der Waals surface area contributed by atoms with Gasteiger partial charge in [-0.1, -0.05) is 18.2 Å². The van der Waals surface area contributed by atoms with Gasteiger partial charge >= 0.3 is 0 Å². The van der Waals surface area contributed by atoms with Gasteiger partial charge in [-0.05, 0) is 29.8 Å². The molecular weight excluding hydrogens is 321 g/mol. The molecule has 3 N–H and O–H groups in total. The number of nitrogens with zero attached hydrogens (tertiary/aromatic N) is 3. The van der Waals surface area contributed by atoms with Gasteiger partial charge in [-0.15, -0.1) is 0 Å². The first-order chi connectivity index (χ1) is 12.2. The van der Waals surface area contributed by atoms with E-state index in [4.69, 9.17) is 10.5 Å². The van der Waals surface area contributed by atoms with Crippen molar-refractivity contribution in [2.75, 3.05) is 38.2 Å². The quantitative estimate of drug-likeness (QED) is 0.642. The van der Waals surface area contributed by atoms with E-state index >= 15 is 0 Å². The highest BCUT2D eigenvalue weighted by Crippen LogP contribution is 2.22. The second-order valence-corrected chi connectivity index (χ2v) is 5.78. The summed E-state index contributed by atoms with van der Waals surface area (Å²) >= 11 is 0. The zero-order chi connectivity index (χ0) is 17.5. The van der Waals surface area contributed by atoms with Crippen LogP contribution in [0, 0.1) is 5.82 Å². The number of aliphatic imine (C=N–C) groups is 1. The second kappa shape index (κ2) is 8.55. The number of hydrogen-bond donors (Lipinski definition) is 2. The van der Waals surface area contributed by atoms with Crippen molar-refractivity contribution in [3.63, 3.8) is 0 Å². The average molecular weight is 343 g/mol. The number of ether oxygens (including phenoxy) is 1. The van der Waals surface area contributed by atoms with E-state index in [1.54, 1.807) is 18.3 Å². The van der Waals surface area contributed by atoms with Gasteiger partial charge in [0.25, 0.3) is 0 Å². The molecule has 1 atom stereocenters. The molecule has 1 aliphatic rings. The maximum atomic E-state index is 13.3. The van der Waals surface area contributed by atoms with Crippen LogP contribution < -0.4 is 11.1 Å². The van der Waals surface area contributed by atoms with Gasteiger partial charge in [0.05, 0.1) is 25.8 Å². The van der Waals surface area contributed by atoms with Gasteiger partial charge in [-0.3, -0.25) is 9.89 Å². The van der Waals surface area contributed by atoms with Crippen LogP contribution in [-0.2, 0) is 4.74 Å². The largest absolute Gasteiger partial charge is 0.379 e. The van der Waals surface area contributed by atoms with Crippen LogP contribution in [0.15, 0.2) is 53.7 Å². The van der Waals surface area contributed by atoms with E-state index in [1.165, 1.54) is 12.1 Å². The Bertz CT molecular complexity index is 686. The van der Waals surface area contributed by atoms with Crippen LogP contribution in [0.4, 0.5) is 10.2 Å². The molecule has 1 aromatic heterocycles. The third-order valence-corrected chi connectivity index (χ3v) is 4.10. The molecular formula is C18H22FN5O. The molecule has 0 saturated carbocycles. The predicted molar refractivity (Wildman–Crippen MR) is 95.9 cm³/mol. The Kier molecular flexibility index (Phi) is 5.92. The molecule has 2 heterocycles. The molecule has 25 heavy (non-hydrogen) atoms. The summed E-state index contributed by atoms with van der Waals surface area (Å²) in [5.41, 5.74) is 6.99. The molecule has 1 fully saturated rings. The molecule has 1 saturated heterocycles. The molecule has 132 valence electrons. The number of guanidine groups is 1. The lowest BCUT2D eigenvalue weighted by Crippen LogP contribution is -2.40. The van der Waals surface area contributed by atoms with Crippen molar-refractivity contribution in [3.8, 4) is 0 Å². The van der Waals surface area contributed by atoms with Crippen LogP contribution >= 0.6 is 0 Å². The van der Waals surface area contributed by atoms with Crippen LogP contribution in [0.1, 0.15) is 11.6 Å². The normalized spacial score (nSPS) is 17.2. The van der Waals surface area contributed by atoms with E-state index in [0.717, 1.165) is 18.7 Å². The number of nitrogens with one attached hydrogen (secondary N) is 1. The molecule has 0 spiro atoms. The zero-order valence-corrected chi connectivity index (χ0v) is 13.9. The van der Waals surface area contributed by atoms with E-state index in [1.807, 2.05) is 18.2 Å².